The van der Waals surface area contributed by atoms with Gasteiger partial charge in [0.2, 0.25) is 5.91 Å². The number of nitrogens with zero attached hydrogens (tertiary/aromatic N) is 1. The number of carbonyl (C=O) groups is 1. The molecule has 0 heterocycles. The first-order valence-electron chi connectivity index (χ1n) is 7.44. The van der Waals surface area contributed by atoms with Crippen molar-refractivity contribution in [3.8, 4) is 11.8 Å². The molecule has 0 aromatic heterocycles. The summed E-state index contributed by atoms with van der Waals surface area (Å²) in [6.07, 6.45) is 4.06. The Morgan fingerprint density at radius 2 is 1.96 bits per heavy atom. The lowest BCUT2D eigenvalue weighted by Crippen LogP contribution is -2.09. The van der Waals surface area contributed by atoms with Gasteiger partial charge in [-0.1, -0.05) is 37.3 Å². The summed E-state index contributed by atoms with van der Waals surface area (Å²) in [4.78, 5) is 12.0. The number of ether oxygens (including phenoxy) is 1. The van der Waals surface area contributed by atoms with Gasteiger partial charge in [-0.05, 0) is 30.7 Å². The molecule has 4 nitrogen and oxygen atoms in total. The second-order valence-electron chi connectivity index (χ2n) is 4.87. The van der Waals surface area contributed by atoms with Gasteiger partial charge in [0.15, 0.2) is 0 Å². The van der Waals surface area contributed by atoms with E-state index in [1.165, 1.54) is 6.08 Å². The maximum atomic E-state index is 12.0. The van der Waals surface area contributed by atoms with Crippen LogP contribution in [0.25, 0.3) is 6.08 Å². The van der Waals surface area contributed by atoms with Crippen molar-refractivity contribution in [3.05, 3.63) is 65.7 Å². The molecule has 2 aromatic carbocycles. The Morgan fingerprint density at radius 3 is 2.74 bits per heavy atom. The Hall–Kier alpha value is -3.06. The zero-order valence-corrected chi connectivity index (χ0v) is 13.0. The SMILES string of the molecule is CCCOc1ccccc1/C=C/C(=O)Nc1ccccc1C#N. The van der Waals surface area contributed by atoms with Crippen LogP contribution in [0.3, 0.4) is 0 Å². The summed E-state index contributed by atoms with van der Waals surface area (Å²) in [5, 5.41) is 11.7. The van der Waals surface area contributed by atoms with E-state index in [4.69, 9.17) is 10.00 Å². The van der Waals surface area contributed by atoms with Gasteiger partial charge in [-0.15, -0.1) is 0 Å². The molecule has 0 aliphatic heterocycles. The molecule has 2 rings (SSSR count). The van der Waals surface area contributed by atoms with Crippen LogP contribution in [0.2, 0.25) is 0 Å². The van der Waals surface area contributed by atoms with Gasteiger partial charge in [0.05, 0.1) is 17.9 Å². The van der Waals surface area contributed by atoms with Crippen molar-refractivity contribution in [3.63, 3.8) is 0 Å². The fourth-order valence-electron chi connectivity index (χ4n) is 1.99. The van der Waals surface area contributed by atoms with Gasteiger partial charge in [0.25, 0.3) is 0 Å². The van der Waals surface area contributed by atoms with Crippen molar-refractivity contribution in [2.75, 3.05) is 11.9 Å². The molecular weight excluding hydrogens is 288 g/mol. The zero-order chi connectivity index (χ0) is 16.5. The Balaban J connectivity index is 2.08. The molecule has 4 heteroatoms. The Morgan fingerprint density at radius 1 is 1.22 bits per heavy atom. The maximum Gasteiger partial charge on any atom is 0.248 e. The fourth-order valence-corrected chi connectivity index (χ4v) is 1.99. The lowest BCUT2D eigenvalue weighted by atomic mass is 10.1. The highest BCUT2D eigenvalue weighted by Crippen LogP contribution is 2.20. The molecule has 23 heavy (non-hydrogen) atoms. The third-order valence-corrected chi connectivity index (χ3v) is 3.10. The maximum absolute atomic E-state index is 12.0. The van der Waals surface area contributed by atoms with Gasteiger partial charge in [-0.25, -0.2) is 0 Å². The second kappa shape index (κ2) is 8.40. The lowest BCUT2D eigenvalue weighted by molar-refractivity contribution is -0.111. The van der Waals surface area contributed by atoms with Crippen molar-refractivity contribution < 1.29 is 9.53 Å². The normalized spacial score (nSPS) is 10.3. The van der Waals surface area contributed by atoms with E-state index in [1.54, 1.807) is 30.3 Å². The van der Waals surface area contributed by atoms with Crippen LogP contribution in [0, 0.1) is 11.3 Å². The minimum atomic E-state index is -0.294. The molecule has 0 saturated carbocycles. The number of amides is 1. The molecule has 0 saturated heterocycles. The van der Waals surface area contributed by atoms with Crippen LogP contribution in [-0.2, 0) is 4.79 Å². The molecule has 0 aliphatic carbocycles. The van der Waals surface area contributed by atoms with Gasteiger partial charge in [0.1, 0.15) is 11.8 Å². The van der Waals surface area contributed by atoms with Crippen molar-refractivity contribution in [1.29, 1.82) is 5.26 Å². The average Bonchev–Trinajstić information content (AvgIpc) is 2.59. The highest BCUT2D eigenvalue weighted by molar-refractivity contribution is 6.02. The largest absolute Gasteiger partial charge is 0.493 e. The van der Waals surface area contributed by atoms with E-state index in [-0.39, 0.29) is 5.91 Å². The quantitative estimate of drug-likeness (QED) is 0.820. The fraction of sp³-hybridized carbons (Fsp3) is 0.158. The van der Waals surface area contributed by atoms with Gasteiger partial charge in [0, 0.05) is 11.6 Å². The minimum Gasteiger partial charge on any atom is -0.493 e. The number of rotatable bonds is 6. The number of nitriles is 1. The first-order chi connectivity index (χ1) is 11.2. The standard InChI is InChI=1S/C19H18N2O2/c1-2-13-23-18-10-6-4-7-15(18)11-12-19(22)21-17-9-5-3-8-16(17)14-20/h3-12H,2,13H2,1H3,(H,21,22)/b12-11+. The van der Waals surface area contributed by atoms with Crippen molar-refractivity contribution in [2.45, 2.75) is 13.3 Å². The van der Waals surface area contributed by atoms with E-state index >= 15 is 0 Å². The number of carbonyl (C=O) groups excluding carboxylic acids is 1. The Kier molecular flexibility index (Phi) is 5.96. The molecule has 0 bridgehead atoms. The Labute approximate surface area is 136 Å². The minimum absolute atomic E-state index is 0.294. The molecule has 1 amide bonds. The predicted octanol–water partition coefficient (Wildman–Crippen LogP) is 4.00. The summed E-state index contributed by atoms with van der Waals surface area (Å²) in [5.41, 5.74) is 1.77. The predicted molar refractivity (Wildman–Crippen MR) is 91.0 cm³/mol. The van der Waals surface area contributed by atoms with Crippen molar-refractivity contribution in [1.82, 2.24) is 0 Å². The molecule has 0 atom stereocenters. The smallest absolute Gasteiger partial charge is 0.248 e. The van der Waals surface area contributed by atoms with E-state index in [0.717, 1.165) is 17.7 Å². The summed E-state index contributed by atoms with van der Waals surface area (Å²) in [5.74, 6) is 0.453. The zero-order valence-electron chi connectivity index (χ0n) is 13.0. The molecule has 0 spiro atoms. The number of para-hydroxylation sites is 2. The van der Waals surface area contributed by atoms with Crippen molar-refractivity contribution in [2.24, 2.45) is 0 Å². The van der Waals surface area contributed by atoms with E-state index < -0.39 is 0 Å². The van der Waals surface area contributed by atoms with Crippen LogP contribution in [0.15, 0.2) is 54.6 Å². The molecule has 0 aliphatic rings. The lowest BCUT2D eigenvalue weighted by Gasteiger charge is -2.08. The number of anilines is 1. The van der Waals surface area contributed by atoms with E-state index in [2.05, 4.69) is 5.32 Å². The highest BCUT2D eigenvalue weighted by atomic mass is 16.5. The number of benzene rings is 2. The summed E-state index contributed by atoms with van der Waals surface area (Å²) in [6.45, 7) is 2.67. The second-order valence-corrected chi connectivity index (χ2v) is 4.87. The summed E-state index contributed by atoms with van der Waals surface area (Å²) >= 11 is 0. The molecule has 116 valence electrons. The molecular formula is C19H18N2O2. The molecule has 2 aromatic rings. The third-order valence-electron chi connectivity index (χ3n) is 3.10. The first-order valence-corrected chi connectivity index (χ1v) is 7.44. The molecule has 1 N–H and O–H groups in total. The molecule has 0 unspecified atom stereocenters. The van der Waals surface area contributed by atoms with Gasteiger partial charge in [-0.3, -0.25) is 4.79 Å². The van der Waals surface area contributed by atoms with Gasteiger partial charge < -0.3 is 10.1 Å². The van der Waals surface area contributed by atoms with Gasteiger partial charge >= 0.3 is 0 Å². The first kappa shape index (κ1) is 16.3. The van der Waals surface area contributed by atoms with Crippen LogP contribution in [0.4, 0.5) is 5.69 Å². The number of hydrogen-bond donors (Lipinski definition) is 1. The van der Waals surface area contributed by atoms with Crippen LogP contribution in [0.5, 0.6) is 5.75 Å². The molecule has 0 radical (unpaired) electrons. The number of hydrogen-bond acceptors (Lipinski definition) is 3. The summed E-state index contributed by atoms with van der Waals surface area (Å²) in [6, 6.07) is 16.5. The Bertz CT molecular complexity index is 745. The molecule has 0 fully saturated rings. The topological polar surface area (TPSA) is 62.1 Å². The monoisotopic (exact) mass is 306 g/mol. The van der Waals surface area contributed by atoms with Crippen LogP contribution >= 0.6 is 0 Å². The van der Waals surface area contributed by atoms with Crippen LogP contribution in [-0.4, -0.2) is 12.5 Å². The highest BCUT2D eigenvalue weighted by Gasteiger charge is 2.04. The van der Waals surface area contributed by atoms with Crippen molar-refractivity contribution >= 4 is 17.7 Å². The number of nitrogens with one attached hydrogen (secondary N) is 1. The third kappa shape index (κ3) is 4.72. The summed E-state index contributed by atoms with van der Waals surface area (Å²) < 4.78 is 5.65. The van der Waals surface area contributed by atoms with Gasteiger partial charge in [-0.2, -0.15) is 5.26 Å². The van der Waals surface area contributed by atoms with E-state index in [0.29, 0.717) is 17.9 Å². The van der Waals surface area contributed by atoms with E-state index in [9.17, 15) is 4.79 Å². The summed E-state index contributed by atoms with van der Waals surface area (Å²) in [7, 11) is 0. The van der Waals surface area contributed by atoms with Crippen LogP contribution in [0.1, 0.15) is 24.5 Å². The van der Waals surface area contributed by atoms with E-state index in [1.807, 2.05) is 37.3 Å². The van der Waals surface area contributed by atoms with Crippen LogP contribution < -0.4 is 10.1 Å². The average molecular weight is 306 g/mol.